The first-order valence-corrected chi connectivity index (χ1v) is 15.6. The molecule has 3 aliphatic rings. The first kappa shape index (κ1) is 31.0. The maximum absolute atomic E-state index is 13.8. The van der Waals surface area contributed by atoms with Gasteiger partial charge in [-0.15, -0.1) is 11.8 Å². The molecule has 228 valence electrons. The van der Waals surface area contributed by atoms with Gasteiger partial charge in [-0.25, -0.2) is 0 Å². The third-order valence-electron chi connectivity index (χ3n) is 7.56. The van der Waals surface area contributed by atoms with Crippen molar-refractivity contribution < 1.29 is 38.0 Å². The molecule has 5 rings (SSSR count). The van der Waals surface area contributed by atoms with Gasteiger partial charge in [-0.3, -0.25) is 9.59 Å². The third kappa shape index (κ3) is 7.03. The van der Waals surface area contributed by atoms with Crippen molar-refractivity contribution in [3.8, 4) is 0 Å². The molecule has 0 spiro atoms. The Hall–Kier alpha value is -2.43. The quantitative estimate of drug-likeness (QED) is 0.341. The molecule has 0 unspecified atom stereocenters. The molecule has 3 fully saturated rings. The van der Waals surface area contributed by atoms with Crippen LogP contribution < -0.4 is 0 Å². The van der Waals surface area contributed by atoms with Crippen molar-refractivity contribution in [2.75, 3.05) is 0 Å². The standard InChI is InChI=1S/C33H42O8S/c1-31(2,3)30(35)37-25-24(26-28(40-32(4,5)38-26)29-27(25)39-33(6,7)41-29)36-23(34)18-22(21-16-12-9-13-17-21)42-19-20-14-10-8-11-15-20/h8-17,22,24-29H,18-19H2,1-7H3/t22-,24-,25-,26+,27+,28+,29+/m1/s1. The largest absolute Gasteiger partial charge is 0.455 e. The summed E-state index contributed by atoms with van der Waals surface area (Å²) in [5, 5.41) is -0.149. The smallest absolute Gasteiger partial charge is 0.311 e. The molecule has 2 aromatic carbocycles. The number of benzene rings is 2. The summed E-state index contributed by atoms with van der Waals surface area (Å²) in [6.45, 7) is 12.6. The minimum Gasteiger partial charge on any atom is -0.455 e. The van der Waals surface area contributed by atoms with Crippen molar-refractivity contribution in [1.29, 1.82) is 0 Å². The Bertz CT molecular complexity index is 1240. The van der Waals surface area contributed by atoms with E-state index >= 15 is 0 Å². The second-order valence-electron chi connectivity index (χ2n) is 13.1. The van der Waals surface area contributed by atoms with Gasteiger partial charge in [-0.2, -0.15) is 0 Å². The summed E-state index contributed by atoms with van der Waals surface area (Å²) in [7, 11) is 0. The van der Waals surface area contributed by atoms with E-state index in [9.17, 15) is 9.59 Å². The number of rotatable bonds is 8. The summed E-state index contributed by atoms with van der Waals surface area (Å²) < 4.78 is 37.4. The lowest BCUT2D eigenvalue weighted by atomic mass is 9.84. The molecule has 2 saturated heterocycles. The Kier molecular flexibility index (Phi) is 8.80. The Morgan fingerprint density at radius 1 is 0.762 bits per heavy atom. The average molecular weight is 599 g/mol. The zero-order valence-corrected chi connectivity index (χ0v) is 26.2. The van der Waals surface area contributed by atoms with Crippen molar-refractivity contribution >= 4 is 23.7 Å². The van der Waals surface area contributed by atoms with Gasteiger partial charge in [0, 0.05) is 11.0 Å². The van der Waals surface area contributed by atoms with Gasteiger partial charge in [0.2, 0.25) is 0 Å². The molecule has 0 N–H and O–H groups in total. The van der Waals surface area contributed by atoms with Crippen LogP contribution in [0.15, 0.2) is 60.7 Å². The van der Waals surface area contributed by atoms with Gasteiger partial charge >= 0.3 is 11.9 Å². The van der Waals surface area contributed by atoms with Gasteiger partial charge in [0.25, 0.3) is 0 Å². The van der Waals surface area contributed by atoms with Gasteiger partial charge in [0.1, 0.15) is 24.4 Å². The number of thioether (sulfide) groups is 1. The molecule has 7 atom stereocenters. The molecule has 42 heavy (non-hydrogen) atoms. The fraction of sp³-hybridized carbons (Fsp3) is 0.576. The second-order valence-corrected chi connectivity index (χ2v) is 14.3. The Labute approximate surface area is 252 Å². The van der Waals surface area contributed by atoms with E-state index in [0.29, 0.717) is 0 Å². The number of hydrogen-bond donors (Lipinski definition) is 0. The highest BCUT2D eigenvalue weighted by Crippen LogP contribution is 2.47. The molecule has 0 amide bonds. The number of carbonyl (C=O) groups excluding carboxylic acids is 2. The molecule has 8 nitrogen and oxygen atoms in total. The van der Waals surface area contributed by atoms with Crippen LogP contribution >= 0.6 is 11.8 Å². The lowest BCUT2D eigenvalue weighted by molar-refractivity contribution is -0.214. The maximum Gasteiger partial charge on any atom is 0.311 e. The van der Waals surface area contributed by atoms with E-state index in [1.165, 1.54) is 5.56 Å². The Morgan fingerprint density at radius 2 is 1.24 bits per heavy atom. The van der Waals surface area contributed by atoms with Gasteiger partial charge in [-0.1, -0.05) is 60.7 Å². The van der Waals surface area contributed by atoms with E-state index in [0.717, 1.165) is 11.3 Å². The lowest BCUT2D eigenvalue weighted by Gasteiger charge is -2.42. The number of carbonyl (C=O) groups is 2. The summed E-state index contributed by atoms with van der Waals surface area (Å²) >= 11 is 1.68. The number of fused-ring (bicyclic) bond motifs is 3. The normalized spacial score (nSPS) is 30.2. The topological polar surface area (TPSA) is 89.5 Å². The molecular formula is C33H42O8S. The molecule has 2 aromatic rings. The molecule has 2 heterocycles. The van der Waals surface area contributed by atoms with Crippen LogP contribution in [0.4, 0.5) is 0 Å². The summed E-state index contributed by atoms with van der Waals surface area (Å²) in [6, 6.07) is 20.1. The van der Waals surface area contributed by atoms with E-state index in [2.05, 4.69) is 12.1 Å². The molecule has 0 bridgehead atoms. The van der Waals surface area contributed by atoms with E-state index in [1.54, 1.807) is 46.4 Å². The van der Waals surface area contributed by atoms with E-state index in [4.69, 9.17) is 28.4 Å². The summed E-state index contributed by atoms with van der Waals surface area (Å²) in [6.07, 6.45) is -4.35. The van der Waals surface area contributed by atoms with Gasteiger partial charge in [0.05, 0.1) is 11.8 Å². The molecule has 1 aliphatic carbocycles. The summed E-state index contributed by atoms with van der Waals surface area (Å²) in [5.41, 5.74) is 1.42. The van der Waals surface area contributed by atoms with Crippen LogP contribution in [0, 0.1) is 5.41 Å². The molecular weight excluding hydrogens is 556 g/mol. The van der Waals surface area contributed by atoms with E-state index < -0.39 is 65.6 Å². The monoisotopic (exact) mass is 598 g/mol. The zero-order chi connectivity index (χ0) is 30.3. The van der Waals surface area contributed by atoms with Crippen LogP contribution in [0.1, 0.15) is 71.3 Å². The van der Waals surface area contributed by atoms with E-state index in [1.807, 2.05) is 62.4 Å². The van der Waals surface area contributed by atoms with Crippen molar-refractivity contribution in [1.82, 2.24) is 0 Å². The Balaban J connectivity index is 1.41. The first-order chi connectivity index (χ1) is 19.7. The van der Waals surface area contributed by atoms with Crippen molar-refractivity contribution in [2.45, 2.75) is 114 Å². The summed E-state index contributed by atoms with van der Waals surface area (Å²) in [5.74, 6) is -2.02. The van der Waals surface area contributed by atoms with Gasteiger partial charge < -0.3 is 28.4 Å². The van der Waals surface area contributed by atoms with Crippen LogP contribution in [0.25, 0.3) is 0 Å². The molecule has 0 aromatic heterocycles. The van der Waals surface area contributed by atoms with Crippen molar-refractivity contribution in [3.05, 3.63) is 71.8 Å². The van der Waals surface area contributed by atoms with Gasteiger partial charge in [0.15, 0.2) is 23.8 Å². The van der Waals surface area contributed by atoms with Crippen LogP contribution in [0.3, 0.4) is 0 Å². The lowest BCUT2D eigenvalue weighted by Crippen LogP contribution is -2.64. The highest BCUT2D eigenvalue weighted by atomic mass is 32.2. The first-order valence-electron chi connectivity index (χ1n) is 14.5. The highest BCUT2D eigenvalue weighted by molar-refractivity contribution is 7.98. The maximum atomic E-state index is 13.8. The van der Waals surface area contributed by atoms with E-state index in [-0.39, 0.29) is 11.7 Å². The molecule has 9 heteroatoms. The van der Waals surface area contributed by atoms with Crippen LogP contribution in [-0.2, 0) is 43.8 Å². The zero-order valence-electron chi connectivity index (χ0n) is 25.4. The summed E-state index contributed by atoms with van der Waals surface area (Å²) in [4.78, 5) is 26.9. The van der Waals surface area contributed by atoms with Crippen molar-refractivity contribution in [2.24, 2.45) is 5.41 Å². The molecule has 2 aliphatic heterocycles. The fourth-order valence-electron chi connectivity index (χ4n) is 5.66. The Morgan fingerprint density at radius 3 is 1.76 bits per heavy atom. The fourth-order valence-corrected chi connectivity index (χ4v) is 6.85. The molecule has 0 radical (unpaired) electrons. The number of esters is 2. The van der Waals surface area contributed by atoms with Crippen molar-refractivity contribution in [3.63, 3.8) is 0 Å². The van der Waals surface area contributed by atoms with Crippen LogP contribution in [0.5, 0.6) is 0 Å². The third-order valence-corrected chi connectivity index (χ3v) is 8.90. The predicted molar refractivity (Wildman–Crippen MR) is 158 cm³/mol. The van der Waals surface area contributed by atoms with Crippen LogP contribution in [-0.4, -0.2) is 60.1 Å². The number of ether oxygens (including phenoxy) is 6. The second kappa shape index (κ2) is 11.9. The minimum absolute atomic E-state index is 0.122. The predicted octanol–water partition coefficient (Wildman–Crippen LogP) is 5.97. The van der Waals surface area contributed by atoms with Gasteiger partial charge in [-0.05, 0) is 59.6 Å². The minimum atomic E-state index is -0.957. The average Bonchev–Trinajstić information content (AvgIpc) is 3.43. The van der Waals surface area contributed by atoms with Crippen LogP contribution in [0.2, 0.25) is 0 Å². The molecule has 1 saturated carbocycles. The SMILES string of the molecule is CC1(C)O[C@@H]2[C@H]3OC(C)(C)O[C@H]3[C@H](OC(=O)C(C)(C)C)[C@@H](OC(=O)C[C@@H](SCc3ccccc3)c3ccccc3)[C@@H]2O1. The number of hydrogen-bond acceptors (Lipinski definition) is 9. The highest BCUT2D eigenvalue weighted by Gasteiger charge is 2.66.